The van der Waals surface area contributed by atoms with Gasteiger partial charge in [0.15, 0.2) is 0 Å². The molecule has 0 bridgehead atoms. The predicted molar refractivity (Wildman–Crippen MR) is 142 cm³/mol. The Bertz CT molecular complexity index is 1610. The molecule has 2 aromatic heterocycles. The Hall–Kier alpha value is -4.44. The number of carbonyl (C=O) groups is 1. The van der Waals surface area contributed by atoms with E-state index >= 15 is 0 Å². The van der Waals surface area contributed by atoms with Crippen molar-refractivity contribution >= 4 is 23.3 Å². The molecule has 196 valence electrons. The molecule has 10 nitrogen and oxygen atoms in total. The first kappa shape index (κ1) is 26.6. The van der Waals surface area contributed by atoms with Gasteiger partial charge < -0.3 is 9.47 Å². The smallest absolute Gasteiger partial charge is 0.335 e. The first-order chi connectivity index (χ1) is 18.2. The van der Waals surface area contributed by atoms with Gasteiger partial charge in [0, 0.05) is 23.8 Å². The molecule has 0 amide bonds. The van der Waals surface area contributed by atoms with Crippen LogP contribution in [0.15, 0.2) is 87.5 Å². The molecule has 0 fully saturated rings. The molecule has 0 aliphatic rings. The maximum atomic E-state index is 13.6. The van der Waals surface area contributed by atoms with Crippen LogP contribution in [0, 0.1) is 5.41 Å². The Morgan fingerprint density at radius 1 is 1.03 bits per heavy atom. The Morgan fingerprint density at radius 2 is 1.74 bits per heavy atom. The molecule has 0 saturated carbocycles. The molecule has 0 saturated heterocycles. The Labute approximate surface area is 222 Å². The van der Waals surface area contributed by atoms with E-state index in [4.69, 9.17) is 21.1 Å². The van der Waals surface area contributed by atoms with Gasteiger partial charge in [-0.15, -0.1) is 0 Å². The van der Waals surface area contributed by atoms with Crippen molar-refractivity contribution in [1.29, 1.82) is 0 Å². The molecule has 4 aromatic rings. The van der Waals surface area contributed by atoms with E-state index in [0.29, 0.717) is 22.3 Å². The quantitative estimate of drug-likeness (QED) is 0.344. The van der Waals surface area contributed by atoms with Gasteiger partial charge in [-0.2, -0.15) is 0 Å². The number of nitrogens with one attached hydrogen (secondary N) is 1. The van der Waals surface area contributed by atoms with Crippen molar-refractivity contribution < 1.29 is 14.3 Å². The SMILES string of the molecule is COC(=O)C(C)(C)Cn1c(=O)[nH]/c(=N\c2ccc(Oc3ccccn3)cc2)n(Cc2ccc(Cl)cc2)c1=O. The van der Waals surface area contributed by atoms with Crippen LogP contribution < -0.4 is 21.7 Å². The largest absolute Gasteiger partial charge is 0.469 e. The molecular weight excluding hydrogens is 510 g/mol. The highest BCUT2D eigenvalue weighted by Gasteiger charge is 2.31. The van der Waals surface area contributed by atoms with Crippen molar-refractivity contribution in [3.8, 4) is 11.6 Å². The van der Waals surface area contributed by atoms with Crippen LogP contribution >= 0.6 is 11.6 Å². The number of hydrogen-bond acceptors (Lipinski definition) is 7. The van der Waals surface area contributed by atoms with Gasteiger partial charge in [0.1, 0.15) is 5.75 Å². The third-order valence-corrected chi connectivity index (χ3v) is 5.91. The van der Waals surface area contributed by atoms with E-state index in [2.05, 4.69) is 15.0 Å². The molecule has 0 aliphatic carbocycles. The summed E-state index contributed by atoms with van der Waals surface area (Å²) in [5.41, 5.74) is -1.17. The number of nitrogens with zero attached hydrogens (tertiary/aromatic N) is 4. The zero-order valence-electron chi connectivity index (χ0n) is 21.1. The summed E-state index contributed by atoms with van der Waals surface area (Å²) in [5.74, 6) is 0.446. The number of carbonyl (C=O) groups excluding carboxylic acids is 1. The topological polar surface area (TPSA) is 121 Å². The van der Waals surface area contributed by atoms with Crippen LogP contribution in [0.2, 0.25) is 5.02 Å². The minimum Gasteiger partial charge on any atom is -0.469 e. The van der Waals surface area contributed by atoms with Gasteiger partial charge in [0.05, 0.1) is 24.8 Å². The average Bonchev–Trinajstić information content (AvgIpc) is 2.91. The first-order valence-corrected chi connectivity index (χ1v) is 12.0. The number of esters is 1. The maximum absolute atomic E-state index is 13.6. The second-order valence-electron chi connectivity index (χ2n) is 9.09. The third-order valence-electron chi connectivity index (χ3n) is 5.66. The highest BCUT2D eigenvalue weighted by molar-refractivity contribution is 6.30. The predicted octanol–water partition coefficient (Wildman–Crippen LogP) is 3.66. The van der Waals surface area contributed by atoms with Crippen LogP contribution in [0.5, 0.6) is 11.6 Å². The summed E-state index contributed by atoms with van der Waals surface area (Å²) in [6, 6.07) is 19.1. The molecule has 0 unspecified atom stereocenters. The summed E-state index contributed by atoms with van der Waals surface area (Å²) in [6.45, 7) is 3.11. The summed E-state index contributed by atoms with van der Waals surface area (Å²) in [5, 5.41) is 0.551. The number of rotatable bonds is 8. The van der Waals surface area contributed by atoms with E-state index in [1.54, 1.807) is 80.7 Å². The molecule has 2 heterocycles. The van der Waals surface area contributed by atoms with Gasteiger partial charge in [-0.25, -0.2) is 24.1 Å². The average molecular weight is 536 g/mol. The van der Waals surface area contributed by atoms with Crippen LogP contribution in [0.4, 0.5) is 5.69 Å². The van der Waals surface area contributed by atoms with E-state index < -0.39 is 22.8 Å². The van der Waals surface area contributed by atoms with E-state index in [1.807, 2.05) is 6.07 Å². The van der Waals surface area contributed by atoms with Crippen molar-refractivity contribution in [2.45, 2.75) is 26.9 Å². The van der Waals surface area contributed by atoms with Gasteiger partial charge in [-0.3, -0.25) is 14.3 Å². The molecule has 0 atom stereocenters. The molecule has 2 aromatic carbocycles. The number of aromatic nitrogens is 4. The van der Waals surface area contributed by atoms with Crippen molar-refractivity contribution in [3.05, 3.63) is 110 Å². The lowest BCUT2D eigenvalue weighted by molar-refractivity contribution is -0.151. The molecule has 0 radical (unpaired) electrons. The number of pyridine rings is 1. The fourth-order valence-electron chi connectivity index (χ4n) is 3.67. The number of halogens is 1. The van der Waals surface area contributed by atoms with Crippen molar-refractivity contribution in [2.75, 3.05) is 7.11 Å². The lowest BCUT2D eigenvalue weighted by Crippen LogP contribution is -2.52. The molecule has 0 spiro atoms. The van der Waals surface area contributed by atoms with Crippen molar-refractivity contribution in [2.24, 2.45) is 10.4 Å². The van der Waals surface area contributed by atoms with Gasteiger partial charge in [0.25, 0.3) is 0 Å². The van der Waals surface area contributed by atoms with Crippen LogP contribution in [-0.4, -0.2) is 32.2 Å². The summed E-state index contributed by atoms with van der Waals surface area (Å²) < 4.78 is 12.8. The van der Waals surface area contributed by atoms with Crippen molar-refractivity contribution in [3.63, 3.8) is 0 Å². The van der Waals surface area contributed by atoms with Crippen LogP contribution in [-0.2, 0) is 22.6 Å². The van der Waals surface area contributed by atoms with E-state index in [1.165, 1.54) is 11.7 Å². The van der Waals surface area contributed by atoms with Crippen LogP contribution in [0.1, 0.15) is 19.4 Å². The summed E-state index contributed by atoms with van der Waals surface area (Å²) >= 11 is 6.01. The second kappa shape index (κ2) is 11.3. The molecule has 1 N–H and O–H groups in total. The molecule has 0 aliphatic heterocycles. The van der Waals surface area contributed by atoms with Crippen LogP contribution in [0.3, 0.4) is 0 Å². The Balaban J connectivity index is 1.77. The zero-order chi connectivity index (χ0) is 27.3. The van der Waals surface area contributed by atoms with E-state index in [9.17, 15) is 14.4 Å². The molecule has 4 rings (SSSR count). The number of ether oxygens (including phenoxy) is 2. The minimum absolute atomic E-state index is 0.0421. The van der Waals surface area contributed by atoms with Crippen molar-refractivity contribution in [1.82, 2.24) is 19.1 Å². The fraction of sp³-hybridized carbons (Fsp3) is 0.222. The summed E-state index contributed by atoms with van der Waals surface area (Å²) in [6.07, 6.45) is 1.63. The van der Waals surface area contributed by atoms with Gasteiger partial charge in [-0.05, 0) is 61.9 Å². The highest BCUT2D eigenvalue weighted by atomic mass is 35.5. The van der Waals surface area contributed by atoms with Gasteiger partial charge in [0.2, 0.25) is 11.5 Å². The van der Waals surface area contributed by atoms with Gasteiger partial charge in [-0.1, -0.05) is 29.8 Å². The number of methoxy groups -OCH3 is 1. The lowest BCUT2D eigenvalue weighted by Gasteiger charge is -2.22. The monoisotopic (exact) mass is 535 g/mol. The first-order valence-electron chi connectivity index (χ1n) is 11.7. The number of aromatic amines is 1. The zero-order valence-corrected chi connectivity index (χ0v) is 21.8. The molecule has 11 heteroatoms. The minimum atomic E-state index is -1.12. The van der Waals surface area contributed by atoms with Gasteiger partial charge >= 0.3 is 17.3 Å². The fourth-order valence-corrected chi connectivity index (χ4v) is 3.80. The second-order valence-corrected chi connectivity index (χ2v) is 9.52. The molecular formula is C27H26ClN5O5. The summed E-state index contributed by atoms with van der Waals surface area (Å²) in [7, 11) is 1.26. The standard InChI is InChI=1S/C27H26ClN5O5/c1-27(2,23(34)37-3)17-33-25(35)31-24(32(26(33)36)16-18-7-9-19(28)10-8-18)30-20-11-13-21(14-12-20)38-22-6-4-5-15-29-22/h4-15H,16-17H2,1-3H3,(H,30,31,35). The summed E-state index contributed by atoms with van der Waals surface area (Å²) in [4.78, 5) is 50.1. The van der Waals surface area contributed by atoms with E-state index in [-0.39, 0.29) is 18.7 Å². The number of benzene rings is 2. The maximum Gasteiger partial charge on any atom is 0.335 e. The number of hydrogen-bond donors (Lipinski definition) is 1. The van der Waals surface area contributed by atoms with E-state index in [0.717, 1.165) is 10.1 Å². The third kappa shape index (κ3) is 6.27. The van der Waals surface area contributed by atoms with Crippen LogP contribution in [0.25, 0.3) is 0 Å². The normalized spacial score (nSPS) is 11.8. The Morgan fingerprint density at radius 3 is 2.37 bits per heavy atom. The molecule has 38 heavy (non-hydrogen) atoms. The highest BCUT2D eigenvalue weighted by Crippen LogP contribution is 2.22. The lowest BCUT2D eigenvalue weighted by atomic mass is 9.94. The Kier molecular flexibility index (Phi) is 7.92. The number of H-pyrrole nitrogens is 1.